The third-order valence-corrected chi connectivity index (χ3v) is 3.06. The van der Waals surface area contributed by atoms with E-state index in [1.54, 1.807) is 0 Å². The highest BCUT2D eigenvalue weighted by Crippen LogP contribution is 2.12. The fourth-order valence-electron chi connectivity index (χ4n) is 2.20. The Bertz CT molecular complexity index is 231. The van der Waals surface area contributed by atoms with E-state index in [1.165, 1.54) is 0 Å². The summed E-state index contributed by atoms with van der Waals surface area (Å²) in [6.07, 6.45) is 6.57. The Morgan fingerprint density at radius 1 is 1.50 bits per heavy atom. The van der Waals surface area contributed by atoms with Crippen LogP contribution in [-0.4, -0.2) is 36.5 Å². The first-order valence-corrected chi connectivity index (χ1v) is 6.40. The molecule has 1 saturated heterocycles. The number of hydrogen-bond acceptors (Lipinski definition) is 2. The van der Waals surface area contributed by atoms with Crippen molar-refractivity contribution in [2.24, 2.45) is 0 Å². The van der Waals surface area contributed by atoms with Gasteiger partial charge in [0, 0.05) is 25.6 Å². The fraction of sp³-hybridized carbons (Fsp3) is 0.769. The van der Waals surface area contributed by atoms with Gasteiger partial charge in [0.1, 0.15) is 0 Å². The van der Waals surface area contributed by atoms with E-state index in [9.17, 15) is 4.79 Å². The third kappa shape index (κ3) is 6.62. The summed E-state index contributed by atoms with van der Waals surface area (Å²) in [6, 6.07) is 0.427. The van der Waals surface area contributed by atoms with Gasteiger partial charge in [-0.1, -0.05) is 13.0 Å². The van der Waals surface area contributed by atoms with Gasteiger partial charge in [-0.15, -0.1) is 31.4 Å². The van der Waals surface area contributed by atoms with Crippen LogP contribution in [0.25, 0.3) is 0 Å². The lowest BCUT2D eigenvalue weighted by Crippen LogP contribution is -2.41. The zero-order valence-corrected chi connectivity index (χ0v) is 12.8. The second kappa shape index (κ2) is 11.8. The third-order valence-electron chi connectivity index (χ3n) is 3.06. The van der Waals surface area contributed by atoms with Crippen LogP contribution >= 0.6 is 24.8 Å². The molecule has 3 nitrogen and oxygen atoms in total. The monoisotopic (exact) mass is 296 g/mol. The van der Waals surface area contributed by atoms with Gasteiger partial charge in [0.15, 0.2) is 0 Å². The van der Waals surface area contributed by atoms with Crippen LogP contribution in [0.5, 0.6) is 0 Å². The number of halogens is 2. The van der Waals surface area contributed by atoms with Gasteiger partial charge in [0.25, 0.3) is 0 Å². The SMILES string of the molecule is C=CCCCC(=O)N(CCC)C1CCNC1.Cl.Cl. The largest absolute Gasteiger partial charge is 0.338 e. The van der Waals surface area contributed by atoms with Gasteiger partial charge in [0.2, 0.25) is 5.91 Å². The molecule has 1 rings (SSSR count). The number of hydrogen-bond donors (Lipinski definition) is 1. The number of amides is 1. The average Bonchev–Trinajstić information content (AvgIpc) is 2.79. The second-order valence-electron chi connectivity index (χ2n) is 4.41. The molecule has 0 aromatic carbocycles. The predicted molar refractivity (Wildman–Crippen MR) is 81.8 cm³/mol. The van der Waals surface area contributed by atoms with Crippen LogP contribution in [0, 0.1) is 0 Å². The Kier molecular flexibility index (Phi) is 13.2. The molecule has 0 spiro atoms. The number of rotatable bonds is 7. The molecule has 108 valence electrons. The van der Waals surface area contributed by atoms with Crippen LogP contribution in [-0.2, 0) is 4.79 Å². The molecule has 0 aliphatic carbocycles. The second-order valence-corrected chi connectivity index (χ2v) is 4.41. The summed E-state index contributed by atoms with van der Waals surface area (Å²) < 4.78 is 0. The van der Waals surface area contributed by atoms with Gasteiger partial charge in [-0.05, 0) is 32.2 Å². The average molecular weight is 297 g/mol. The molecule has 0 radical (unpaired) electrons. The summed E-state index contributed by atoms with van der Waals surface area (Å²) in [4.78, 5) is 14.1. The van der Waals surface area contributed by atoms with Crippen molar-refractivity contribution in [3.8, 4) is 0 Å². The van der Waals surface area contributed by atoms with Gasteiger partial charge >= 0.3 is 0 Å². The van der Waals surface area contributed by atoms with Crippen LogP contribution in [0.15, 0.2) is 12.7 Å². The lowest BCUT2D eigenvalue weighted by atomic mass is 10.1. The highest BCUT2D eigenvalue weighted by atomic mass is 35.5. The van der Waals surface area contributed by atoms with Gasteiger partial charge in [-0.25, -0.2) is 0 Å². The molecule has 0 bridgehead atoms. The maximum Gasteiger partial charge on any atom is 0.222 e. The van der Waals surface area contributed by atoms with Crippen molar-refractivity contribution in [2.75, 3.05) is 19.6 Å². The maximum atomic E-state index is 12.1. The van der Waals surface area contributed by atoms with Crippen LogP contribution in [0.3, 0.4) is 0 Å². The molecule has 1 aliphatic heterocycles. The fourth-order valence-corrected chi connectivity index (χ4v) is 2.20. The Hall–Kier alpha value is -0.250. The molecule has 1 heterocycles. The van der Waals surface area contributed by atoms with Gasteiger partial charge in [0.05, 0.1) is 0 Å². The normalized spacial score (nSPS) is 17.5. The predicted octanol–water partition coefficient (Wildman–Crippen LogP) is 2.79. The molecule has 1 fully saturated rings. The standard InChI is InChI=1S/C13H24N2O.2ClH/c1-3-5-6-7-13(16)15(10-4-2)12-8-9-14-11-12;;/h3,12,14H,1,4-11H2,2H3;2*1H. The van der Waals surface area contributed by atoms with Crippen molar-refractivity contribution in [1.82, 2.24) is 10.2 Å². The van der Waals surface area contributed by atoms with Crippen molar-refractivity contribution in [3.63, 3.8) is 0 Å². The van der Waals surface area contributed by atoms with Gasteiger partial charge in [-0.3, -0.25) is 4.79 Å². The van der Waals surface area contributed by atoms with E-state index < -0.39 is 0 Å². The quantitative estimate of drug-likeness (QED) is 0.579. The molecule has 0 aromatic rings. The van der Waals surface area contributed by atoms with Crippen LogP contribution in [0.1, 0.15) is 39.0 Å². The number of unbranched alkanes of at least 4 members (excludes halogenated alkanes) is 1. The minimum atomic E-state index is 0. The Morgan fingerprint density at radius 2 is 2.22 bits per heavy atom. The van der Waals surface area contributed by atoms with E-state index in [2.05, 4.69) is 23.7 Å². The van der Waals surface area contributed by atoms with Crippen molar-refractivity contribution < 1.29 is 4.79 Å². The first kappa shape index (κ1) is 20.1. The molecule has 18 heavy (non-hydrogen) atoms. The van der Waals surface area contributed by atoms with Gasteiger partial charge in [-0.2, -0.15) is 0 Å². The minimum absolute atomic E-state index is 0. The van der Waals surface area contributed by atoms with E-state index in [0.29, 0.717) is 18.4 Å². The summed E-state index contributed by atoms with van der Waals surface area (Å²) in [6.45, 7) is 8.73. The number of nitrogens with zero attached hydrogens (tertiary/aromatic N) is 1. The number of carbonyl (C=O) groups excluding carboxylic acids is 1. The lowest BCUT2D eigenvalue weighted by molar-refractivity contribution is -0.133. The molecule has 1 N–H and O–H groups in total. The van der Waals surface area contributed by atoms with Crippen LogP contribution in [0.4, 0.5) is 0 Å². The van der Waals surface area contributed by atoms with Crippen molar-refractivity contribution >= 4 is 30.7 Å². The summed E-state index contributed by atoms with van der Waals surface area (Å²) in [7, 11) is 0. The van der Waals surface area contributed by atoms with Crippen LogP contribution in [0.2, 0.25) is 0 Å². The zero-order valence-electron chi connectivity index (χ0n) is 11.2. The maximum absolute atomic E-state index is 12.1. The molecule has 1 aliphatic rings. The smallest absolute Gasteiger partial charge is 0.222 e. The zero-order chi connectivity index (χ0) is 11.8. The van der Waals surface area contributed by atoms with E-state index in [-0.39, 0.29) is 24.8 Å². The molecule has 1 amide bonds. The summed E-state index contributed by atoms with van der Waals surface area (Å²) in [5.74, 6) is 0.317. The molecular weight excluding hydrogens is 271 g/mol. The van der Waals surface area contributed by atoms with E-state index in [1.807, 2.05) is 6.08 Å². The summed E-state index contributed by atoms with van der Waals surface area (Å²) in [5, 5.41) is 3.32. The summed E-state index contributed by atoms with van der Waals surface area (Å²) in [5.41, 5.74) is 0. The highest BCUT2D eigenvalue weighted by Gasteiger charge is 2.24. The number of allylic oxidation sites excluding steroid dienone is 1. The first-order chi connectivity index (χ1) is 7.79. The minimum Gasteiger partial charge on any atom is -0.338 e. The van der Waals surface area contributed by atoms with Gasteiger partial charge < -0.3 is 10.2 Å². The highest BCUT2D eigenvalue weighted by molar-refractivity contribution is 5.85. The van der Waals surface area contributed by atoms with Crippen molar-refractivity contribution in [3.05, 3.63) is 12.7 Å². The first-order valence-electron chi connectivity index (χ1n) is 6.40. The Balaban J connectivity index is 0. The molecular formula is C13H26Cl2N2O. The molecule has 0 saturated carbocycles. The molecule has 1 atom stereocenters. The molecule has 5 heteroatoms. The Morgan fingerprint density at radius 3 is 2.72 bits per heavy atom. The van der Waals surface area contributed by atoms with E-state index in [4.69, 9.17) is 0 Å². The number of carbonyl (C=O) groups is 1. The van der Waals surface area contributed by atoms with E-state index >= 15 is 0 Å². The Labute approximate surface area is 123 Å². The topological polar surface area (TPSA) is 32.3 Å². The number of nitrogens with one attached hydrogen (secondary N) is 1. The molecule has 0 aromatic heterocycles. The summed E-state index contributed by atoms with van der Waals surface area (Å²) >= 11 is 0. The van der Waals surface area contributed by atoms with Crippen molar-refractivity contribution in [2.45, 2.75) is 45.1 Å². The van der Waals surface area contributed by atoms with Crippen LogP contribution < -0.4 is 5.32 Å². The lowest BCUT2D eigenvalue weighted by Gasteiger charge is -2.28. The van der Waals surface area contributed by atoms with E-state index in [0.717, 1.165) is 45.3 Å². The van der Waals surface area contributed by atoms with Crippen molar-refractivity contribution in [1.29, 1.82) is 0 Å². The molecule has 1 unspecified atom stereocenters.